The Bertz CT molecular complexity index is 1530. The minimum atomic E-state index is -1.40. The van der Waals surface area contributed by atoms with Crippen LogP contribution in [-0.2, 0) is 28.7 Å². The van der Waals surface area contributed by atoms with Crippen LogP contribution < -0.4 is 15.0 Å². The van der Waals surface area contributed by atoms with Crippen LogP contribution in [0.15, 0.2) is 78.9 Å². The van der Waals surface area contributed by atoms with Gasteiger partial charge in [-0.2, -0.15) is 0 Å². The summed E-state index contributed by atoms with van der Waals surface area (Å²) in [5, 5.41) is 12.7. The van der Waals surface area contributed by atoms with Gasteiger partial charge in [-0.25, -0.2) is 0 Å². The molecule has 4 aliphatic heterocycles. The van der Waals surface area contributed by atoms with Crippen molar-refractivity contribution in [3.63, 3.8) is 0 Å². The number of nitrogens with one attached hydrogen (secondary N) is 1. The number of benzene rings is 2. The van der Waals surface area contributed by atoms with E-state index in [1.165, 1.54) is 4.90 Å². The molecule has 242 valence electrons. The lowest BCUT2D eigenvalue weighted by molar-refractivity contribution is -0.161. The van der Waals surface area contributed by atoms with Crippen molar-refractivity contribution in [1.82, 2.24) is 10.2 Å². The first-order valence-corrected chi connectivity index (χ1v) is 15.7. The SMILES string of the molecule is COc1ccc(N2C/C=C\CCC(=O)N[C@H](C)[C@@H](c3ccccc3)OC(=O)[C@@H]3[C@@H]4C=C[C@]5(O4)[C@H](C2=O)N(CCCO)C(=O)[C@@H]35)cc1. The number of cyclic esters (lactones) is 1. The summed E-state index contributed by atoms with van der Waals surface area (Å²) in [6.07, 6.45) is 6.43. The number of aliphatic hydroxyl groups excluding tert-OH is 1. The van der Waals surface area contributed by atoms with Gasteiger partial charge in [0.05, 0.1) is 25.2 Å². The smallest absolute Gasteiger partial charge is 0.313 e. The highest BCUT2D eigenvalue weighted by atomic mass is 16.6. The normalized spacial score (nSPS) is 31.9. The van der Waals surface area contributed by atoms with Crippen molar-refractivity contribution >= 4 is 29.4 Å². The summed E-state index contributed by atoms with van der Waals surface area (Å²) < 4.78 is 18.0. The summed E-state index contributed by atoms with van der Waals surface area (Å²) in [7, 11) is 1.56. The van der Waals surface area contributed by atoms with E-state index in [-0.39, 0.29) is 44.4 Å². The predicted octanol–water partition coefficient (Wildman–Crippen LogP) is 2.70. The highest BCUT2D eigenvalue weighted by Crippen LogP contribution is 2.56. The zero-order valence-electron chi connectivity index (χ0n) is 25.9. The van der Waals surface area contributed by atoms with Crippen LogP contribution in [0, 0.1) is 11.8 Å². The fourth-order valence-electron chi connectivity index (χ4n) is 7.15. The number of carbonyl (C=O) groups excluding carboxylic acids is 4. The molecular formula is C35H39N3O8. The molecule has 11 nitrogen and oxygen atoms in total. The van der Waals surface area contributed by atoms with Gasteiger partial charge in [0.25, 0.3) is 5.91 Å². The fourth-order valence-corrected chi connectivity index (χ4v) is 7.15. The van der Waals surface area contributed by atoms with Gasteiger partial charge in [0.1, 0.15) is 29.4 Å². The minimum absolute atomic E-state index is 0.107. The van der Waals surface area contributed by atoms with E-state index in [9.17, 15) is 24.3 Å². The van der Waals surface area contributed by atoms with E-state index in [0.717, 1.165) is 0 Å². The average molecular weight is 630 g/mol. The first-order valence-electron chi connectivity index (χ1n) is 15.7. The number of nitrogens with zero attached hydrogens (tertiary/aromatic N) is 2. The molecule has 5 bridgehead atoms. The molecule has 4 aliphatic rings. The van der Waals surface area contributed by atoms with Crippen molar-refractivity contribution in [2.24, 2.45) is 11.8 Å². The standard InChI is InChI=1S/C35H39N3O8/c1-22-30(23-10-5-3-6-11-23)45-34(43)28-26-17-18-35(46-26)29(28)32(41)38(20-9-21-39)31(35)33(42)37(19-8-4-7-12-27(40)36-22)24-13-15-25(44-2)16-14-24/h3-6,8,10-11,13-18,22,26,28-31,39H,7,9,12,19-21H2,1-2H3,(H,36,40)/b8-4-/t22-,26+,28-,29-,30+,31+,35-/m1/s1. The molecule has 0 unspecified atom stereocenters. The Morgan fingerprint density at radius 2 is 1.78 bits per heavy atom. The summed E-state index contributed by atoms with van der Waals surface area (Å²) in [5.41, 5.74) is -0.128. The molecule has 4 heterocycles. The molecule has 2 fully saturated rings. The summed E-state index contributed by atoms with van der Waals surface area (Å²) in [6, 6.07) is 14.5. The summed E-state index contributed by atoms with van der Waals surface area (Å²) >= 11 is 0. The Labute approximate surface area is 267 Å². The highest BCUT2D eigenvalue weighted by molar-refractivity contribution is 6.05. The number of rotatable bonds is 6. The monoisotopic (exact) mass is 629 g/mol. The lowest BCUT2D eigenvalue weighted by Gasteiger charge is -2.36. The summed E-state index contributed by atoms with van der Waals surface area (Å²) in [4.78, 5) is 59.1. The zero-order chi connectivity index (χ0) is 32.4. The minimum Gasteiger partial charge on any atom is -0.497 e. The number of methoxy groups -OCH3 is 1. The number of esters is 1. The number of fused-ring (bicyclic) bond motifs is 2. The van der Waals surface area contributed by atoms with Crippen molar-refractivity contribution in [2.45, 2.75) is 56.1 Å². The van der Waals surface area contributed by atoms with Crippen LogP contribution >= 0.6 is 0 Å². The number of allylic oxidation sites excluding steroid dienone is 1. The van der Waals surface area contributed by atoms with Crippen LogP contribution in [-0.4, -0.2) is 84.3 Å². The van der Waals surface area contributed by atoms with Crippen LogP contribution in [0.4, 0.5) is 5.69 Å². The molecule has 2 aromatic carbocycles. The number of amides is 3. The predicted molar refractivity (Wildman–Crippen MR) is 168 cm³/mol. The molecule has 2 saturated heterocycles. The molecule has 3 amide bonds. The number of carbonyl (C=O) groups is 4. The Morgan fingerprint density at radius 3 is 2.50 bits per heavy atom. The first-order chi connectivity index (χ1) is 22.3. The van der Waals surface area contributed by atoms with Crippen LogP contribution in [0.25, 0.3) is 0 Å². The van der Waals surface area contributed by atoms with Crippen LogP contribution in [0.1, 0.15) is 37.9 Å². The molecule has 0 aliphatic carbocycles. The van der Waals surface area contributed by atoms with Gasteiger partial charge < -0.3 is 34.4 Å². The van der Waals surface area contributed by atoms with Gasteiger partial charge >= 0.3 is 5.97 Å². The molecule has 0 saturated carbocycles. The quantitative estimate of drug-likeness (QED) is 0.368. The number of hydrogen-bond donors (Lipinski definition) is 2. The van der Waals surface area contributed by atoms with Gasteiger partial charge in [0.2, 0.25) is 11.8 Å². The topological polar surface area (TPSA) is 135 Å². The van der Waals surface area contributed by atoms with Crippen molar-refractivity contribution in [2.75, 3.05) is 31.7 Å². The van der Waals surface area contributed by atoms with E-state index >= 15 is 0 Å². The molecule has 2 N–H and O–H groups in total. The fraction of sp³-hybridized carbons (Fsp3) is 0.429. The van der Waals surface area contributed by atoms with E-state index in [2.05, 4.69) is 5.32 Å². The first kappa shape index (κ1) is 31.5. The molecule has 0 radical (unpaired) electrons. The van der Waals surface area contributed by atoms with E-state index in [0.29, 0.717) is 23.4 Å². The molecule has 7 atom stereocenters. The Hall–Kier alpha value is -4.48. The second-order valence-electron chi connectivity index (χ2n) is 12.1. The molecule has 0 aromatic heterocycles. The second-order valence-corrected chi connectivity index (χ2v) is 12.1. The van der Waals surface area contributed by atoms with Gasteiger partial charge in [0, 0.05) is 31.8 Å². The van der Waals surface area contributed by atoms with Gasteiger partial charge in [-0.15, -0.1) is 0 Å². The number of anilines is 1. The number of aliphatic hydroxyl groups is 1. The zero-order valence-corrected chi connectivity index (χ0v) is 25.9. The lowest BCUT2D eigenvalue weighted by atomic mass is 9.74. The van der Waals surface area contributed by atoms with Crippen molar-refractivity contribution in [3.05, 3.63) is 84.5 Å². The number of hydrogen-bond acceptors (Lipinski definition) is 8. The van der Waals surface area contributed by atoms with Gasteiger partial charge in [-0.1, -0.05) is 54.6 Å². The Morgan fingerprint density at radius 1 is 1.02 bits per heavy atom. The molecule has 46 heavy (non-hydrogen) atoms. The van der Waals surface area contributed by atoms with Crippen molar-refractivity contribution < 1.29 is 38.5 Å². The summed E-state index contributed by atoms with van der Waals surface area (Å²) in [6.45, 7) is 1.87. The number of likely N-dealkylation sites (tertiary alicyclic amines) is 1. The Balaban J connectivity index is 1.43. The van der Waals surface area contributed by atoms with Crippen LogP contribution in [0.2, 0.25) is 0 Å². The maximum absolute atomic E-state index is 14.7. The third-order valence-corrected chi connectivity index (χ3v) is 9.29. The van der Waals surface area contributed by atoms with Gasteiger partial charge in [0.15, 0.2) is 0 Å². The van der Waals surface area contributed by atoms with Gasteiger partial charge in [-0.05, 0) is 49.6 Å². The third kappa shape index (κ3) is 5.58. The largest absolute Gasteiger partial charge is 0.497 e. The van der Waals surface area contributed by atoms with Gasteiger partial charge in [-0.3, -0.25) is 19.2 Å². The number of ether oxygens (including phenoxy) is 3. The maximum atomic E-state index is 14.7. The molecule has 6 rings (SSSR count). The van der Waals surface area contributed by atoms with Crippen molar-refractivity contribution in [1.29, 1.82) is 0 Å². The lowest BCUT2D eigenvalue weighted by Crippen LogP contribution is -2.56. The maximum Gasteiger partial charge on any atom is 0.313 e. The van der Waals surface area contributed by atoms with Crippen LogP contribution in [0.3, 0.4) is 0 Å². The van der Waals surface area contributed by atoms with Crippen molar-refractivity contribution in [3.8, 4) is 5.75 Å². The van der Waals surface area contributed by atoms with E-state index in [1.54, 1.807) is 55.4 Å². The summed E-state index contributed by atoms with van der Waals surface area (Å²) in [5.74, 6) is -3.03. The van der Waals surface area contributed by atoms with E-state index in [1.807, 2.05) is 42.5 Å². The third-order valence-electron chi connectivity index (χ3n) is 9.29. The van der Waals surface area contributed by atoms with Crippen LogP contribution in [0.5, 0.6) is 5.75 Å². The molecule has 1 spiro atoms. The second kappa shape index (κ2) is 13.1. The molecular weight excluding hydrogens is 590 g/mol. The molecule has 2 aromatic rings. The average Bonchev–Trinajstić information content (AvgIpc) is 3.71. The van der Waals surface area contributed by atoms with E-state index in [4.69, 9.17) is 14.2 Å². The van der Waals surface area contributed by atoms with E-state index < -0.39 is 53.6 Å². The Kier molecular flexibility index (Phi) is 8.97. The highest BCUT2D eigenvalue weighted by Gasteiger charge is 2.73. The molecule has 11 heteroatoms.